The maximum Gasteiger partial charge on any atom is 0.228 e. The molecule has 0 saturated heterocycles. The van der Waals surface area contributed by atoms with E-state index >= 15 is 0 Å². The summed E-state index contributed by atoms with van der Waals surface area (Å²) >= 11 is 0. The maximum absolute atomic E-state index is 7.14. The summed E-state index contributed by atoms with van der Waals surface area (Å²) in [7, 11) is 2.14. The molecule has 0 radical (unpaired) electrons. The molecule has 0 fully saturated rings. The molecule has 2 aliphatic rings. The van der Waals surface area contributed by atoms with Crippen molar-refractivity contribution in [2.75, 3.05) is 11.9 Å². The molecule has 0 aromatic heterocycles. The number of likely N-dealkylation sites (N-methyl/N-ethyl adjacent to an activating group) is 1. The van der Waals surface area contributed by atoms with E-state index in [0.29, 0.717) is 0 Å². The Labute approximate surface area is 192 Å². The van der Waals surface area contributed by atoms with Gasteiger partial charge >= 0.3 is 0 Å². The van der Waals surface area contributed by atoms with Crippen LogP contribution in [0, 0.1) is 0 Å². The summed E-state index contributed by atoms with van der Waals surface area (Å²) in [5, 5.41) is 7.11. The van der Waals surface area contributed by atoms with Gasteiger partial charge in [-0.3, -0.25) is 4.99 Å². The molecule has 0 bridgehead atoms. The highest BCUT2D eigenvalue weighted by atomic mass is 16.5. The molecule has 1 spiro atoms. The molecule has 1 atom stereocenters. The Kier molecular flexibility index (Phi) is 3.48. The molecule has 3 nitrogen and oxygen atoms in total. The highest BCUT2D eigenvalue weighted by Gasteiger charge is 2.59. The van der Waals surface area contributed by atoms with Gasteiger partial charge in [-0.25, -0.2) is 0 Å². The molecule has 7 rings (SSSR count). The van der Waals surface area contributed by atoms with Crippen molar-refractivity contribution in [2.45, 2.75) is 25.0 Å². The molecule has 5 aromatic carbocycles. The lowest BCUT2D eigenvalue weighted by atomic mass is 9.77. The predicted molar refractivity (Wildman–Crippen MR) is 138 cm³/mol. The summed E-state index contributed by atoms with van der Waals surface area (Å²) in [6.07, 6.45) is 2.03. The number of ether oxygens (including phenoxy) is 1. The maximum atomic E-state index is 7.14. The molecule has 33 heavy (non-hydrogen) atoms. The Balaban J connectivity index is 1.53. The largest absolute Gasteiger partial charge is 0.459 e. The van der Waals surface area contributed by atoms with Crippen LogP contribution in [0.4, 0.5) is 11.4 Å². The van der Waals surface area contributed by atoms with E-state index in [1.807, 2.05) is 6.21 Å². The van der Waals surface area contributed by atoms with Gasteiger partial charge in [-0.05, 0) is 35.6 Å². The number of anilines is 1. The normalized spacial score (nSPS) is 20.4. The molecule has 0 saturated carbocycles. The number of nitrogens with zero attached hydrogens (tertiary/aromatic N) is 2. The molecule has 2 heterocycles. The van der Waals surface area contributed by atoms with Gasteiger partial charge in [-0.15, -0.1) is 0 Å². The molecule has 5 aromatic rings. The molecular weight excluding hydrogens is 404 g/mol. The van der Waals surface area contributed by atoms with E-state index in [2.05, 4.69) is 111 Å². The zero-order valence-corrected chi connectivity index (χ0v) is 19.0. The Morgan fingerprint density at radius 2 is 1.30 bits per heavy atom. The first-order valence-electron chi connectivity index (χ1n) is 11.5. The van der Waals surface area contributed by atoms with Crippen LogP contribution in [0.5, 0.6) is 5.75 Å². The Bertz CT molecular complexity index is 1650. The van der Waals surface area contributed by atoms with Crippen molar-refractivity contribution in [3.63, 3.8) is 0 Å². The highest BCUT2D eigenvalue weighted by Crippen LogP contribution is 2.57. The summed E-state index contributed by atoms with van der Waals surface area (Å²) in [5.41, 5.74) is 2.38. The molecule has 1 unspecified atom stereocenters. The minimum absolute atomic E-state index is 0.310. The fraction of sp³-hybridized carbons (Fsp3) is 0.167. The second kappa shape index (κ2) is 6.14. The van der Waals surface area contributed by atoms with Gasteiger partial charge in [0.1, 0.15) is 5.69 Å². The van der Waals surface area contributed by atoms with Crippen molar-refractivity contribution >= 4 is 49.9 Å². The summed E-state index contributed by atoms with van der Waals surface area (Å²) < 4.78 is 7.14. The number of hydrogen-bond donors (Lipinski definition) is 0. The van der Waals surface area contributed by atoms with Gasteiger partial charge in [0.15, 0.2) is 5.75 Å². The molecule has 3 heteroatoms. The van der Waals surface area contributed by atoms with Crippen molar-refractivity contribution in [1.82, 2.24) is 0 Å². The van der Waals surface area contributed by atoms with Crippen molar-refractivity contribution in [3.8, 4) is 5.75 Å². The van der Waals surface area contributed by atoms with Crippen LogP contribution in [-0.2, 0) is 5.41 Å². The Hall–Kier alpha value is -3.85. The van der Waals surface area contributed by atoms with E-state index in [-0.39, 0.29) is 5.41 Å². The van der Waals surface area contributed by atoms with Crippen LogP contribution in [0.15, 0.2) is 89.9 Å². The zero-order valence-electron chi connectivity index (χ0n) is 19.0. The average molecular weight is 429 g/mol. The van der Waals surface area contributed by atoms with Crippen LogP contribution < -0.4 is 9.64 Å². The van der Waals surface area contributed by atoms with E-state index in [0.717, 1.165) is 22.2 Å². The van der Waals surface area contributed by atoms with E-state index in [4.69, 9.17) is 9.73 Å². The van der Waals surface area contributed by atoms with E-state index < -0.39 is 5.72 Å². The van der Waals surface area contributed by atoms with Crippen LogP contribution in [0.1, 0.15) is 19.4 Å². The van der Waals surface area contributed by atoms with Crippen LogP contribution in [0.3, 0.4) is 0 Å². The van der Waals surface area contributed by atoms with E-state index in [1.165, 1.54) is 32.8 Å². The quantitative estimate of drug-likeness (QED) is 0.241. The molecule has 160 valence electrons. The minimum Gasteiger partial charge on any atom is -0.459 e. The first-order chi connectivity index (χ1) is 16.0. The zero-order chi connectivity index (χ0) is 22.4. The first kappa shape index (κ1) is 18.7. The van der Waals surface area contributed by atoms with Crippen LogP contribution in [-0.4, -0.2) is 19.0 Å². The van der Waals surface area contributed by atoms with Gasteiger partial charge in [0.05, 0.1) is 17.3 Å². The van der Waals surface area contributed by atoms with Crippen LogP contribution >= 0.6 is 0 Å². The second-order valence-electron chi connectivity index (χ2n) is 9.69. The minimum atomic E-state index is -0.725. The summed E-state index contributed by atoms with van der Waals surface area (Å²) in [4.78, 5) is 7.42. The predicted octanol–water partition coefficient (Wildman–Crippen LogP) is 7.36. The highest BCUT2D eigenvalue weighted by molar-refractivity contribution is 6.17. The summed E-state index contributed by atoms with van der Waals surface area (Å²) in [6, 6.07) is 30.0. The lowest BCUT2D eigenvalue weighted by molar-refractivity contribution is 0.0844. The van der Waals surface area contributed by atoms with Gasteiger partial charge in [0.25, 0.3) is 0 Å². The molecular formula is C30H24N2O. The third-order valence-corrected chi connectivity index (χ3v) is 7.79. The Morgan fingerprint density at radius 3 is 2.06 bits per heavy atom. The molecule has 2 aliphatic heterocycles. The van der Waals surface area contributed by atoms with Gasteiger partial charge in [-0.1, -0.05) is 84.9 Å². The third-order valence-electron chi connectivity index (χ3n) is 7.79. The Morgan fingerprint density at radius 1 is 0.697 bits per heavy atom. The number of fused-ring (bicyclic) bond motifs is 9. The number of aliphatic imine (C=N–C) groups is 1. The smallest absolute Gasteiger partial charge is 0.228 e. The molecule has 0 amide bonds. The average Bonchev–Trinajstić information content (AvgIpc) is 3.02. The van der Waals surface area contributed by atoms with Crippen molar-refractivity contribution in [2.24, 2.45) is 4.99 Å². The van der Waals surface area contributed by atoms with Gasteiger partial charge < -0.3 is 9.64 Å². The van der Waals surface area contributed by atoms with Crippen LogP contribution in [0.2, 0.25) is 0 Å². The lowest BCUT2D eigenvalue weighted by Gasteiger charge is -2.45. The van der Waals surface area contributed by atoms with Gasteiger partial charge in [0, 0.05) is 23.2 Å². The number of rotatable bonds is 0. The SMILES string of the molecule is CN1c2c(ccc3ccccc23)C(C)(C)C12C=Nc1c(c3ccccc3c3ccccc13)O2. The third kappa shape index (κ3) is 2.17. The van der Waals surface area contributed by atoms with E-state index in [9.17, 15) is 0 Å². The summed E-state index contributed by atoms with van der Waals surface area (Å²) in [6.45, 7) is 4.54. The molecule has 0 aliphatic carbocycles. The molecule has 0 N–H and O–H groups in total. The summed E-state index contributed by atoms with van der Waals surface area (Å²) in [5.74, 6) is 0.865. The standard InChI is InChI=1S/C30H24N2O/c1-29(2)25-17-16-19-10-4-5-11-20(19)27(25)32(3)30(29)18-31-26-23-14-8-6-12-21(23)22-13-7-9-15-24(22)28(26)33-30/h4-18H,1-3H3. The van der Waals surface area contributed by atoms with Crippen molar-refractivity contribution < 1.29 is 4.74 Å². The monoisotopic (exact) mass is 428 g/mol. The van der Waals surface area contributed by atoms with Gasteiger partial charge in [-0.2, -0.15) is 0 Å². The second-order valence-corrected chi connectivity index (χ2v) is 9.69. The van der Waals surface area contributed by atoms with Crippen molar-refractivity contribution in [1.29, 1.82) is 0 Å². The van der Waals surface area contributed by atoms with E-state index in [1.54, 1.807) is 0 Å². The van der Waals surface area contributed by atoms with Crippen molar-refractivity contribution in [3.05, 3.63) is 90.5 Å². The number of benzene rings is 5. The number of hydrogen-bond acceptors (Lipinski definition) is 3. The van der Waals surface area contributed by atoms with Crippen LogP contribution in [0.25, 0.3) is 32.3 Å². The fourth-order valence-corrected chi connectivity index (χ4v) is 6.00. The fourth-order valence-electron chi connectivity index (χ4n) is 6.00. The lowest BCUT2D eigenvalue weighted by Crippen LogP contribution is -2.61. The topological polar surface area (TPSA) is 24.8 Å². The first-order valence-corrected chi connectivity index (χ1v) is 11.5. The van der Waals surface area contributed by atoms with Gasteiger partial charge in [0.2, 0.25) is 5.72 Å².